The Hall–Kier alpha value is -3.67. The molecular weight excluding hydrogens is 626 g/mol. The van der Waals surface area contributed by atoms with E-state index in [1.54, 1.807) is 37.4 Å². The molecule has 0 radical (unpaired) electrons. The molecule has 1 aromatic heterocycles. The van der Waals surface area contributed by atoms with Crippen molar-refractivity contribution < 1.29 is 19.1 Å². The molecule has 8 nitrogen and oxygen atoms in total. The molecule has 208 valence electrons. The number of benzene rings is 3. The van der Waals surface area contributed by atoms with Gasteiger partial charge >= 0.3 is 4.87 Å². The number of rotatable bonds is 6. The van der Waals surface area contributed by atoms with E-state index in [4.69, 9.17) is 4.74 Å². The lowest BCUT2D eigenvalue weighted by atomic mass is 9.83. The number of nitrogens with zero attached hydrogens (tertiary/aromatic N) is 2. The fourth-order valence-corrected chi connectivity index (χ4v) is 8.54. The molecule has 3 atom stereocenters. The summed E-state index contributed by atoms with van der Waals surface area (Å²) in [6.45, 7) is 1.68. The summed E-state index contributed by atoms with van der Waals surface area (Å²) in [7, 11) is 1.55. The largest absolute Gasteiger partial charge is 0.497 e. The maximum atomic E-state index is 14.0. The quantitative estimate of drug-likeness (QED) is 0.280. The Morgan fingerprint density at radius 3 is 2.46 bits per heavy atom. The van der Waals surface area contributed by atoms with Crippen LogP contribution in [0, 0.1) is 12.8 Å². The predicted octanol–water partition coefficient (Wildman–Crippen LogP) is 5.42. The number of hydrogen-bond acceptors (Lipinski definition) is 7. The van der Waals surface area contributed by atoms with Crippen LogP contribution >= 0.6 is 39.0 Å². The van der Waals surface area contributed by atoms with Crippen LogP contribution in [0.2, 0.25) is 0 Å². The third-order valence-electron chi connectivity index (χ3n) is 7.31. The second kappa shape index (κ2) is 11.0. The molecule has 0 bridgehead atoms. The van der Waals surface area contributed by atoms with E-state index in [0.29, 0.717) is 27.0 Å². The minimum Gasteiger partial charge on any atom is -0.497 e. The first kappa shape index (κ1) is 27.5. The average Bonchev–Trinajstić information content (AvgIpc) is 3.40. The summed E-state index contributed by atoms with van der Waals surface area (Å²) in [5, 5.41) is 2.67. The molecule has 3 heterocycles. The van der Waals surface area contributed by atoms with Gasteiger partial charge in [0.1, 0.15) is 17.5 Å². The molecule has 2 unspecified atom stereocenters. The Balaban J connectivity index is 1.41. The van der Waals surface area contributed by atoms with Gasteiger partial charge in [-0.05, 0) is 60.5 Å². The third-order valence-corrected chi connectivity index (χ3v) is 10.4. The SMILES string of the molecule is COc1ccc(N2C(=O)C3Sc4c(sc(=O)n4CC(=O)Nc4ccccc4C)[C@H](c4cccc(Br)c4)C3C2=O)cc1. The number of halogens is 1. The number of para-hydroxylation sites is 1. The van der Waals surface area contributed by atoms with Crippen molar-refractivity contribution in [3.05, 3.63) is 103 Å². The van der Waals surface area contributed by atoms with E-state index in [1.807, 2.05) is 49.4 Å². The van der Waals surface area contributed by atoms with Crippen LogP contribution in [-0.2, 0) is 20.9 Å². The molecule has 1 N–H and O–H groups in total. The summed E-state index contributed by atoms with van der Waals surface area (Å²) < 4.78 is 7.48. The number of nitrogens with one attached hydrogen (secondary N) is 1. The first-order chi connectivity index (χ1) is 19.8. The molecule has 0 saturated carbocycles. The van der Waals surface area contributed by atoms with Gasteiger partial charge in [-0.1, -0.05) is 69.4 Å². The highest BCUT2D eigenvalue weighted by atomic mass is 79.9. The molecule has 0 aliphatic carbocycles. The second-order valence-electron chi connectivity index (χ2n) is 9.79. The van der Waals surface area contributed by atoms with Crippen LogP contribution in [-0.4, -0.2) is 34.6 Å². The van der Waals surface area contributed by atoms with Gasteiger partial charge in [-0.3, -0.25) is 23.7 Å². The smallest absolute Gasteiger partial charge is 0.308 e. The zero-order chi connectivity index (χ0) is 28.8. The van der Waals surface area contributed by atoms with Gasteiger partial charge < -0.3 is 10.1 Å². The maximum Gasteiger partial charge on any atom is 0.308 e. The van der Waals surface area contributed by atoms with Crippen LogP contribution in [0.3, 0.4) is 0 Å². The number of carbonyl (C=O) groups is 3. The van der Waals surface area contributed by atoms with Crippen molar-refractivity contribution in [2.24, 2.45) is 5.92 Å². The maximum absolute atomic E-state index is 14.0. The molecule has 2 aliphatic rings. The van der Waals surface area contributed by atoms with Crippen molar-refractivity contribution >= 4 is 68.1 Å². The Kier molecular flexibility index (Phi) is 7.35. The summed E-state index contributed by atoms with van der Waals surface area (Å²) in [6.07, 6.45) is 0. The topological polar surface area (TPSA) is 97.7 Å². The predicted molar refractivity (Wildman–Crippen MR) is 163 cm³/mol. The first-order valence-electron chi connectivity index (χ1n) is 12.8. The van der Waals surface area contributed by atoms with E-state index in [1.165, 1.54) is 21.2 Å². The number of methoxy groups -OCH3 is 1. The van der Waals surface area contributed by atoms with Crippen molar-refractivity contribution in [1.82, 2.24) is 4.57 Å². The zero-order valence-electron chi connectivity index (χ0n) is 22.0. The molecular formula is C30H24BrN3O5S2. The van der Waals surface area contributed by atoms with Gasteiger partial charge in [0.15, 0.2) is 0 Å². The number of aromatic nitrogens is 1. The van der Waals surface area contributed by atoms with Gasteiger partial charge in [-0.25, -0.2) is 4.90 Å². The molecule has 6 rings (SSSR count). The van der Waals surface area contributed by atoms with Crippen LogP contribution in [0.15, 0.2) is 87.1 Å². The van der Waals surface area contributed by atoms with E-state index in [9.17, 15) is 19.2 Å². The lowest BCUT2D eigenvalue weighted by molar-refractivity contribution is -0.122. The van der Waals surface area contributed by atoms with Crippen LogP contribution in [0.1, 0.15) is 21.9 Å². The van der Waals surface area contributed by atoms with Crippen LogP contribution in [0.25, 0.3) is 0 Å². The van der Waals surface area contributed by atoms with Crippen LogP contribution in [0.5, 0.6) is 5.75 Å². The van der Waals surface area contributed by atoms with Crippen molar-refractivity contribution in [3.63, 3.8) is 0 Å². The van der Waals surface area contributed by atoms with E-state index >= 15 is 0 Å². The molecule has 4 aromatic rings. The minimum atomic E-state index is -0.763. The molecule has 0 spiro atoms. The molecule has 11 heteroatoms. The van der Waals surface area contributed by atoms with Crippen LogP contribution in [0.4, 0.5) is 11.4 Å². The Morgan fingerprint density at radius 1 is 1.00 bits per heavy atom. The van der Waals surface area contributed by atoms with Crippen LogP contribution < -0.4 is 19.8 Å². The highest BCUT2D eigenvalue weighted by Crippen LogP contribution is 2.54. The van der Waals surface area contributed by atoms with Gasteiger partial charge in [0.2, 0.25) is 17.7 Å². The van der Waals surface area contributed by atoms with E-state index in [2.05, 4.69) is 21.2 Å². The molecule has 3 amide bonds. The number of amides is 3. The molecule has 2 aliphatic heterocycles. The highest BCUT2D eigenvalue weighted by molar-refractivity contribution is 9.10. The van der Waals surface area contributed by atoms with Gasteiger partial charge in [0, 0.05) is 21.0 Å². The number of anilines is 2. The number of carbonyl (C=O) groups excluding carboxylic acids is 3. The number of imide groups is 1. The summed E-state index contributed by atoms with van der Waals surface area (Å²) in [6, 6.07) is 21.8. The third kappa shape index (κ3) is 4.92. The monoisotopic (exact) mass is 649 g/mol. The van der Waals surface area contributed by atoms with E-state index in [0.717, 1.165) is 26.9 Å². The van der Waals surface area contributed by atoms with Crippen molar-refractivity contribution in [1.29, 1.82) is 0 Å². The number of hydrogen-bond donors (Lipinski definition) is 1. The lowest BCUT2D eigenvalue weighted by Crippen LogP contribution is -2.33. The molecule has 1 fully saturated rings. The zero-order valence-corrected chi connectivity index (χ0v) is 25.2. The lowest BCUT2D eigenvalue weighted by Gasteiger charge is -2.30. The van der Waals surface area contributed by atoms with E-state index < -0.39 is 17.1 Å². The Morgan fingerprint density at radius 2 is 1.76 bits per heavy atom. The van der Waals surface area contributed by atoms with Gasteiger partial charge in [-0.2, -0.15) is 0 Å². The highest BCUT2D eigenvalue weighted by Gasteiger charge is 2.56. The Labute approximate surface area is 252 Å². The fraction of sp³-hybridized carbons (Fsp3) is 0.200. The van der Waals surface area contributed by atoms with Gasteiger partial charge in [-0.15, -0.1) is 0 Å². The Bertz CT molecular complexity index is 1750. The first-order valence-corrected chi connectivity index (χ1v) is 15.3. The summed E-state index contributed by atoms with van der Waals surface area (Å²) in [4.78, 5) is 55.9. The average molecular weight is 651 g/mol. The summed E-state index contributed by atoms with van der Waals surface area (Å²) in [5.74, 6) is -1.66. The fourth-order valence-electron chi connectivity index (χ4n) is 5.35. The van der Waals surface area contributed by atoms with Crippen molar-refractivity contribution in [3.8, 4) is 5.75 Å². The summed E-state index contributed by atoms with van der Waals surface area (Å²) >= 11 is 5.74. The van der Waals surface area contributed by atoms with Gasteiger partial charge in [0.05, 0.1) is 23.7 Å². The number of thiazole rings is 1. The summed E-state index contributed by atoms with van der Waals surface area (Å²) in [5.41, 5.74) is 2.84. The molecule has 3 aromatic carbocycles. The second-order valence-corrected chi connectivity index (χ2v) is 12.8. The van der Waals surface area contributed by atoms with Crippen molar-refractivity contribution in [2.75, 3.05) is 17.3 Å². The number of fused-ring (bicyclic) bond motifs is 2. The minimum absolute atomic E-state index is 0.209. The number of thioether (sulfide) groups is 1. The standard InChI is InChI=1S/C30H24BrN3O5S2/c1-16-6-3-4-9-21(16)32-22(35)15-33-29-26(41-30(33)38)23(17-7-5-8-18(31)14-17)24-25(40-29)28(37)34(27(24)36)19-10-12-20(39-2)13-11-19/h3-14,23-25H,15H2,1-2H3,(H,32,35)/t23-,24?,25?/m1/s1. The number of aryl methyl sites for hydroxylation is 1. The molecule has 1 saturated heterocycles. The molecule has 41 heavy (non-hydrogen) atoms. The number of ether oxygens (including phenoxy) is 1. The van der Waals surface area contributed by atoms with E-state index in [-0.39, 0.29) is 29.1 Å². The van der Waals surface area contributed by atoms with Gasteiger partial charge in [0.25, 0.3) is 0 Å². The normalized spacial score (nSPS) is 19.6. The van der Waals surface area contributed by atoms with Crippen molar-refractivity contribution in [2.45, 2.75) is 29.7 Å².